The van der Waals surface area contributed by atoms with E-state index < -0.39 is 17.8 Å². The van der Waals surface area contributed by atoms with Crippen LogP contribution in [0.2, 0.25) is 0 Å². The van der Waals surface area contributed by atoms with Crippen LogP contribution in [-0.2, 0) is 6.18 Å². The van der Waals surface area contributed by atoms with Gasteiger partial charge in [-0.15, -0.1) is 0 Å². The normalized spacial score (nSPS) is 12.9. The van der Waals surface area contributed by atoms with E-state index in [9.17, 15) is 18.0 Å². The second kappa shape index (κ2) is 7.26. The molecule has 0 saturated carbocycles. The van der Waals surface area contributed by atoms with Gasteiger partial charge >= 0.3 is 6.18 Å². The lowest BCUT2D eigenvalue weighted by molar-refractivity contribution is -0.142. The number of para-hydroxylation sites is 1. The van der Waals surface area contributed by atoms with Crippen LogP contribution in [-0.4, -0.2) is 27.3 Å². The van der Waals surface area contributed by atoms with Gasteiger partial charge in [0.2, 0.25) is 6.79 Å². The lowest BCUT2D eigenvalue weighted by atomic mass is 10.1. The van der Waals surface area contributed by atoms with Crippen LogP contribution in [0, 0.1) is 6.92 Å². The van der Waals surface area contributed by atoms with Crippen LogP contribution in [0.1, 0.15) is 21.7 Å². The van der Waals surface area contributed by atoms with Crippen LogP contribution in [0.4, 0.5) is 18.9 Å². The van der Waals surface area contributed by atoms with E-state index >= 15 is 0 Å². The van der Waals surface area contributed by atoms with Gasteiger partial charge in [0.05, 0.1) is 5.69 Å². The number of anilines is 1. The Bertz CT molecular complexity index is 1360. The monoisotopic (exact) mass is 440 g/mol. The van der Waals surface area contributed by atoms with E-state index in [4.69, 9.17) is 9.47 Å². The summed E-state index contributed by atoms with van der Waals surface area (Å²) in [5, 5.41) is 6.54. The second-order valence-electron chi connectivity index (χ2n) is 7.16. The molecule has 0 atom stereocenters. The zero-order chi connectivity index (χ0) is 22.5. The van der Waals surface area contributed by atoms with Gasteiger partial charge in [-0.1, -0.05) is 18.2 Å². The summed E-state index contributed by atoms with van der Waals surface area (Å²) >= 11 is 0. The lowest BCUT2D eigenvalue weighted by Gasteiger charge is -2.11. The molecule has 0 spiro atoms. The number of hydrogen-bond acceptors (Lipinski definition) is 5. The molecule has 0 unspecified atom stereocenters. The van der Waals surface area contributed by atoms with E-state index in [-0.39, 0.29) is 23.8 Å². The van der Waals surface area contributed by atoms with Crippen molar-refractivity contribution in [3.05, 3.63) is 71.5 Å². The quantitative estimate of drug-likeness (QED) is 0.500. The first-order valence-corrected chi connectivity index (χ1v) is 9.54. The predicted molar refractivity (Wildman–Crippen MR) is 109 cm³/mol. The number of aryl methyl sites for hydroxylation is 1. The number of aromatic nitrogens is 3. The van der Waals surface area contributed by atoms with Crippen molar-refractivity contribution < 1.29 is 27.4 Å². The van der Waals surface area contributed by atoms with Crippen molar-refractivity contribution in [2.75, 3.05) is 12.1 Å². The summed E-state index contributed by atoms with van der Waals surface area (Å²) in [4.78, 5) is 17.0. The Morgan fingerprint density at radius 1 is 1.06 bits per heavy atom. The first-order chi connectivity index (χ1) is 15.3. The van der Waals surface area contributed by atoms with Crippen molar-refractivity contribution in [2.45, 2.75) is 13.1 Å². The van der Waals surface area contributed by atoms with Crippen molar-refractivity contribution in [3.63, 3.8) is 0 Å². The van der Waals surface area contributed by atoms with Crippen molar-refractivity contribution >= 4 is 17.2 Å². The molecule has 1 aliphatic rings. The van der Waals surface area contributed by atoms with E-state index in [0.717, 1.165) is 11.6 Å². The number of nitrogens with zero attached hydrogens (tertiary/aromatic N) is 3. The SMILES string of the molecule is Cc1ccccc1NC(=O)c1cc2nc(-c3ccc4c(c3)OCO4)cc(C(F)(F)F)n2n1. The molecule has 1 aliphatic heterocycles. The maximum absolute atomic E-state index is 13.8. The smallest absolute Gasteiger partial charge is 0.433 e. The van der Waals surface area contributed by atoms with Gasteiger partial charge in [0.25, 0.3) is 5.91 Å². The average Bonchev–Trinajstić information content (AvgIpc) is 3.40. The molecule has 2 aromatic carbocycles. The number of hydrogen-bond donors (Lipinski definition) is 1. The van der Waals surface area contributed by atoms with Crippen LogP contribution in [0.25, 0.3) is 16.9 Å². The van der Waals surface area contributed by atoms with Crippen LogP contribution >= 0.6 is 0 Å². The van der Waals surface area contributed by atoms with Crippen LogP contribution in [0.15, 0.2) is 54.6 Å². The van der Waals surface area contributed by atoms with Gasteiger partial charge in [0.15, 0.2) is 28.5 Å². The molecular weight excluding hydrogens is 425 g/mol. The van der Waals surface area contributed by atoms with E-state index in [2.05, 4.69) is 15.4 Å². The molecule has 5 rings (SSSR count). The van der Waals surface area contributed by atoms with Crippen LogP contribution < -0.4 is 14.8 Å². The third kappa shape index (κ3) is 3.49. The first-order valence-electron chi connectivity index (χ1n) is 9.54. The van der Waals surface area contributed by atoms with Crippen molar-refractivity contribution in [1.29, 1.82) is 0 Å². The lowest BCUT2D eigenvalue weighted by Crippen LogP contribution is -2.16. The highest BCUT2D eigenvalue weighted by atomic mass is 19.4. The Labute approximate surface area is 179 Å². The zero-order valence-electron chi connectivity index (χ0n) is 16.6. The highest BCUT2D eigenvalue weighted by Crippen LogP contribution is 2.37. The van der Waals surface area contributed by atoms with Gasteiger partial charge in [0.1, 0.15) is 0 Å². The number of fused-ring (bicyclic) bond motifs is 2. The van der Waals surface area contributed by atoms with Crippen molar-refractivity contribution in [2.24, 2.45) is 0 Å². The molecule has 1 amide bonds. The number of carbonyl (C=O) groups excluding carboxylic acids is 1. The molecule has 2 aromatic heterocycles. The molecule has 1 N–H and O–H groups in total. The highest BCUT2D eigenvalue weighted by molar-refractivity contribution is 6.03. The molecule has 4 aromatic rings. The molecule has 0 bridgehead atoms. The maximum atomic E-state index is 13.8. The van der Waals surface area contributed by atoms with Gasteiger partial charge in [0, 0.05) is 17.3 Å². The fraction of sp³-hybridized carbons (Fsp3) is 0.136. The summed E-state index contributed by atoms with van der Waals surface area (Å²) in [5.41, 5.74) is 0.480. The summed E-state index contributed by atoms with van der Waals surface area (Å²) in [6.07, 6.45) is -4.72. The zero-order valence-corrected chi connectivity index (χ0v) is 16.6. The van der Waals surface area contributed by atoms with Crippen molar-refractivity contribution in [1.82, 2.24) is 14.6 Å². The Kier molecular flexibility index (Phi) is 4.50. The molecule has 0 radical (unpaired) electrons. The number of benzene rings is 2. The van der Waals surface area contributed by atoms with E-state index in [1.807, 2.05) is 6.07 Å². The van der Waals surface area contributed by atoms with Gasteiger partial charge in [-0.2, -0.15) is 18.3 Å². The molecule has 3 heterocycles. The maximum Gasteiger partial charge on any atom is 0.433 e. The number of nitrogens with one attached hydrogen (secondary N) is 1. The topological polar surface area (TPSA) is 77.8 Å². The molecule has 10 heteroatoms. The molecule has 0 aliphatic carbocycles. The highest BCUT2D eigenvalue weighted by Gasteiger charge is 2.36. The molecule has 0 fully saturated rings. The van der Waals surface area contributed by atoms with Gasteiger partial charge in [-0.3, -0.25) is 4.79 Å². The molecule has 162 valence electrons. The van der Waals surface area contributed by atoms with Crippen LogP contribution in [0.3, 0.4) is 0 Å². The molecular formula is C22H15F3N4O3. The van der Waals surface area contributed by atoms with Gasteiger partial charge in [-0.05, 0) is 42.8 Å². The largest absolute Gasteiger partial charge is 0.454 e. The van der Waals surface area contributed by atoms with Gasteiger partial charge in [-0.25, -0.2) is 9.50 Å². The average molecular weight is 440 g/mol. The third-order valence-electron chi connectivity index (χ3n) is 5.01. The Morgan fingerprint density at radius 2 is 1.84 bits per heavy atom. The molecule has 0 saturated heterocycles. The fourth-order valence-electron chi connectivity index (χ4n) is 3.39. The number of carbonyl (C=O) groups is 1. The number of ether oxygens (including phenoxy) is 2. The summed E-state index contributed by atoms with van der Waals surface area (Å²) in [5.74, 6) is 0.289. The van der Waals surface area contributed by atoms with Crippen molar-refractivity contribution in [3.8, 4) is 22.8 Å². The number of amides is 1. The standard InChI is InChI=1S/C22H15F3N4O3/c1-12-4-2-3-5-14(12)27-21(30)16-10-20-26-15(9-19(22(23,24)25)29(20)28-16)13-6-7-17-18(8-13)32-11-31-17/h2-10H,11H2,1H3,(H,27,30). The molecule has 32 heavy (non-hydrogen) atoms. The third-order valence-corrected chi connectivity index (χ3v) is 5.01. The van der Waals surface area contributed by atoms with Crippen LogP contribution in [0.5, 0.6) is 11.5 Å². The van der Waals surface area contributed by atoms with E-state index in [1.165, 1.54) is 6.07 Å². The first kappa shape index (κ1) is 19.9. The summed E-state index contributed by atoms with van der Waals surface area (Å²) < 4.78 is 52.6. The fourth-order valence-corrected chi connectivity index (χ4v) is 3.39. The van der Waals surface area contributed by atoms with E-state index in [1.54, 1.807) is 43.3 Å². The summed E-state index contributed by atoms with van der Waals surface area (Å²) in [6, 6.07) is 13.9. The summed E-state index contributed by atoms with van der Waals surface area (Å²) in [7, 11) is 0. The Morgan fingerprint density at radius 3 is 2.62 bits per heavy atom. The Hall–Kier alpha value is -4.08. The number of rotatable bonds is 3. The van der Waals surface area contributed by atoms with Gasteiger partial charge < -0.3 is 14.8 Å². The van der Waals surface area contributed by atoms with E-state index in [0.29, 0.717) is 27.3 Å². The predicted octanol–water partition coefficient (Wildman–Crippen LogP) is 4.70. The number of halogens is 3. The summed E-state index contributed by atoms with van der Waals surface area (Å²) in [6.45, 7) is 1.85. The Balaban J connectivity index is 1.58. The number of alkyl halides is 3. The minimum atomic E-state index is -4.72. The molecule has 7 nitrogen and oxygen atoms in total. The minimum absolute atomic E-state index is 0.0427. The minimum Gasteiger partial charge on any atom is -0.454 e. The second-order valence-corrected chi connectivity index (χ2v) is 7.16.